The minimum absolute atomic E-state index is 0.102. The molecule has 2 fully saturated rings. The molecule has 0 bridgehead atoms. The molecule has 0 unspecified atom stereocenters. The first-order chi connectivity index (χ1) is 14.9. The van der Waals surface area contributed by atoms with Crippen LogP contribution >= 0.6 is 11.6 Å². The Labute approximate surface area is 189 Å². The molecule has 4 rings (SSSR count). The number of carbonyl (C=O) groups is 1. The minimum atomic E-state index is -3.64. The maximum Gasteiger partial charge on any atom is 0.257 e. The van der Waals surface area contributed by atoms with E-state index in [-0.39, 0.29) is 15.5 Å². The van der Waals surface area contributed by atoms with E-state index < -0.39 is 15.9 Å². The molecule has 2 heterocycles. The van der Waals surface area contributed by atoms with Crippen molar-refractivity contribution in [3.05, 3.63) is 52.5 Å². The predicted molar refractivity (Wildman–Crippen MR) is 125 cm³/mol. The van der Waals surface area contributed by atoms with Gasteiger partial charge in [0.2, 0.25) is 10.0 Å². The summed E-state index contributed by atoms with van der Waals surface area (Å²) in [6.07, 6.45) is 5.15. The fraction of sp³-hybridized carbons (Fsp3) is 0.435. The molecule has 0 saturated carbocycles. The lowest BCUT2D eigenvalue weighted by Gasteiger charge is -2.26. The average Bonchev–Trinajstić information content (AvgIpc) is 3.31. The molecular formula is C23H28ClN3O3S. The van der Waals surface area contributed by atoms with Crippen LogP contribution in [0.15, 0.2) is 41.3 Å². The highest BCUT2D eigenvalue weighted by Gasteiger charge is 2.27. The molecule has 2 aromatic rings. The maximum atomic E-state index is 13.0. The standard InChI is InChI=1S/C23H28ClN3O3S/c1-17-15-18(26-11-5-6-12-26)7-10-22(17)25-23(28)20-16-19(8-9-21(20)24)31(29,30)27-13-3-2-4-14-27/h7-10,15-16H,2-6,11-14H2,1H3,(H,25,28). The zero-order chi connectivity index (χ0) is 22.0. The summed E-state index contributed by atoms with van der Waals surface area (Å²) in [5, 5.41) is 3.12. The number of rotatable bonds is 5. The Morgan fingerprint density at radius 2 is 1.61 bits per heavy atom. The number of benzene rings is 2. The van der Waals surface area contributed by atoms with E-state index in [0.29, 0.717) is 18.8 Å². The summed E-state index contributed by atoms with van der Waals surface area (Å²) in [6, 6.07) is 10.3. The van der Waals surface area contributed by atoms with Gasteiger partial charge in [0, 0.05) is 37.6 Å². The Morgan fingerprint density at radius 3 is 2.29 bits per heavy atom. The van der Waals surface area contributed by atoms with E-state index in [1.54, 1.807) is 0 Å². The van der Waals surface area contributed by atoms with E-state index in [1.165, 1.54) is 35.3 Å². The van der Waals surface area contributed by atoms with Gasteiger partial charge in [0.25, 0.3) is 5.91 Å². The van der Waals surface area contributed by atoms with Gasteiger partial charge < -0.3 is 10.2 Å². The van der Waals surface area contributed by atoms with Crippen LogP contribution in [0.2, 0.25) is 5.02 Å². The van der Waals surface area contributed by atoms with E-state index >= 15 is 0 Å². The van der Waals surface area contributed by atoms with Crippen molar-refractivity contribution in [1.29, 1.82) is 0 Å². The normalized spacial score (nSPS) is 17.7. The fourth-order valence-electron chi connectivity index (χ4n) is 4.24. The third kappa shape index (κ3) is 4.73. The Morgan fingerprint density at radius 1 is 0.935 bits per heavy atom. The topological polar surface area (TPSA) is 69.7 Å². The highest BCUT2D eigenvalue weighted by atomic mass is 35.5. The highest BCUT2D eigenvalue weighted by Crippen LogP contribution is 2.28. The third-order valence-electron chi connectivity index (χ3n) is 6.06. The Balaban J connectivity index is 1.55. The molecule has 2 aliphatic rings. The van der Waals surface area contributed by atoms with Crippen molar-refractivity contribution in [2.24, 2.45) is 0 Å². The first-order valence-electron chi connectivity index (χ1n) is 10.8. The third-order valence-corrected chi connectivity index (χ3v) is 8.29. The smallest absolute Gasteiger partial charge is 0.257 e. The lowest BCUT2D eigenvalue weighted by molar-refractivity contribution is 0.102. The highest BCUT2D eigenvalue weighted by molar-refractivity contribution is 7.89. The van der Waals surface area contributed by atoms with Crippen LogP contribution in [0.25, 0.3) is 0 Å². The van der Waals surface area contributed by atoms with E-state index in [4.69, 9.17) is 11.6 Å². The number of hydrogen-bond acceptors (Lipinski definition) is 4. The van der Waals surface area contributed by atoms with Crippen LogP contribution in [0.5, 0.6) is 0 Å². The lowest BCUT2D eigenvalue weighted by atomic mass is 10.1. The maximum absolute atomic E-state index is 13.0. The van der Waals surface area contributed by atoms with E-state index in [0.717, 1.165) is 43.6 Å². The number of nitrogens with zero attached hydrogens (tertiary/aromatic N) is 2. The van der Waals surface area contributed by atoms with Crippen molar-refractivity contribution in [2.75, 3.05) is 36.4 Å². The van der Waals surface area contributed by atoms with Crippen LogP contribution < -0.4 is 10.2 Å². The van der Waals surface area contributed by atoms with E-state index in [2.05, 4.69) is 16.3 Å². The van der Waals surface area contributed by atoms with Crippen molar-refractivity contribution in [3.63, 3.8) is 0 Å². The van der Waals surface area contributed by atoms with Crippen LogP contribution in [0.4, 0.5) is 11.4 Å². The molecule has 2 aliphatic heterocycles. The summed E-state index contributed by atoms with van der Waals surface area (Å²) in [4.78, 5) is 15.4. The lowest BCUT2D eigenvalue weighted by Crippen LogP contribution is -2.35. The van der Waals surface area contributed by atoms with Gasteiger partial charge in [-0.3, -0.25) is 4.79 Å². The SMILES string of the molecule is Cc1cc(N2CCCC2)ccc1NC(=O)c1cc(S(=O)(=O)N2CCCCC2)ccc1Cl. The Kier molecular flexibility index (Phi) is 6.55. The Hall–Kier alpha value is -2.09. The average molecular weight is 462 g/mol. The number of carbonyl (C=O) groups excluding carboxylic acids is 1. The van der Waals surface area contributed by atoms with Crippen LogP contribution in [0.3, 0.4) is 0 Å². The molecule has 0 radical (unpaired) electrons. The molecule has 166 valence electrons. The quantitative estimate of drug-likeness (QED) is 0.702. The number of piperidine rings is 1. The number of sulfonamides is 1. The van der Waals surface area contributed by atoms with Gasteiger partial charge in [0.05, 0.1) is 15.5 Å². The van der Waals surface area contributed by atoms with Crippen molar-refractivity contribution in [3.8, 4) is 0 Å². The molecule has 1 N–H and O–H groups in total. The first kappa shape index (κ1) is 22.1. The molecular weight excluding hydrogens is 434 g/mol. The van der Waals surface area contributed by atoms with Crippen LogP contribution in [0.1, 0.15) is 48.0 Å². The fourth-order valence-corrected chi connectivity index (χ4v) is 5.99. The predicted octanol–water partition coefficient (Wildman–Crippen LogP) is 4.68. The van der Waals surface area contributed by atoms with Gasteiger partial charge in [-0.15, -0.1) is 0 Å². The number of halogens is 1. The molecule has 0 spiro atoms. The largest absolute Gasteiger partial charge is 0.372 e. The van der Waals surface area contributed by atoms with Gasteiger partial charge in [-0.05, 0) is 74.6 Å². The van der Waals surface area contributed by atoms with Crippen molar-refractivity contribution < 1.29 is 13.2 Å². The second-order valence-corrected chi connectivity index (χ2v) is 10.6. The summed E-state index contributed by atoms with van der Waals surface area (Å²) in [6.45, 7) is 5.08. The van der Waals surface area contributed by atoms with Crippen molar-refractivity contribution in [2.45, 2.75) is 43.9 Å². The molecule has 0 aliphatic carbocycles. The molecule has 2 saturated heterocycles. The van der Waals surface area contributed by atoms with Gasteiger partial charge in [0.1, 0.15) is 0 Å². The Bertz CT molecular complexity index is 1080. The van der Waals surface area contributed by atoms with Crippen LogP contribution in [-0.4, -0.2) is 44.8 Å². The van der Waals surface area contributed by atoms with Gasteiger partial charge in [-0.2, -0.15) is 4.31 Å². The van der Waals surface area contributed by atoms with Crippen molar-refractivity contribution in [1.82, 2.24) is 4.31 Å². The molecule has 2 aromatic carbocycles. The zero-order valence-corrected chi connectivity index (χ0v) is 19.3. The summed E-state index contributed by atoms with van der Waals surface area (Å²) < 4.78 is 27.5. The van der Waals surface area contributed by atoms with E-state index in [1.807, 2.05) is 19.1 Å². The molecule has 0 atom stereocenters. The summed E-state index contributed by atoms with van der Waals surface area (Å²) >= 11 is 6.27. The zero-order valence-electron chi connectivity index (χ0n) is 17.7. The van der Waals surface area contributed by atoms with Crippen LogP contribution in [0, 0.1) is 6.92 Å². The van der Waals surface area contributed by atoms with Gasteiger partial charge in [0.15, 0.2) is 0 Å². The second-order valence-electron chi connectivity index (χ2n) is 8.25. The van der Waals surface area contributed by atoms with Crippen molar-refractivity contribution >= 4 is 38.9 Å². The van der Waals surface area contributed by atoms with Crippen LogP contribution in [-0.2, 0) is 10.0 Å². The van der Waals surface area contributed by atoms with Gasteiger partial charge in [-0.1, -0.05) is 18.0 Å². The summed E-state index contributed by atoms with van der Waals surface area (Å²) in [5.41, 5.74) is 2.95. The number of nitrogens with one attached hydrogen (secondary N) is 1. The molecule has 1 amide bonds. The van der Waals surface area contributed by atoms with Gasteiger partial charge >= 0.3 is 0 Å². The first-order valence-corrected chi connectivity index (χ1v) is 12.6. The monoisotopic (exact) mass is 461 g/mol. The van der Waals surface area contributed by atoms with E-state index in [9.17, 15) is 13.2 Å². The molecule has 8 heteroatoms. The molecule has 31 heavy (non-hydrogen) atoms. The number of anilines is 2. The number of aryl methyl sites for hydroxylation is 1. The summed E-state index contributed by atoms with van der Waals surface area (Å²) in [5.74, 6) is -0.419. The minimum Gasteiger partial charge on any atom is -0.372 e. The molecule has 6 nitrogen and oxygen atoms in total. The number of hydrogen-bond donors (Lipinski definition) is 1. The molecule has 0 aromatic heterocycles. The van der Waals surface area contributed by atoms with Gasteiger partial charge in [-0.25, -0.2) is 8.42 Å². The number of amides is 1. The summed E-state index contributed by atoms with van der Waals surface area (Å²) in [7, 11) is -3.64. The second kappa shape index (κ2) is 9.18.